The molecule has 3 N–H and O–H groups in total. The first kappa shape index (κ1) is 20.1. The van der Waals surface area contributed by atoms with Gasteiger partial charge in [0, 0.05) is 47.5 Å². The van der Waals surface area contributed by atoms with Crippen LogP contribution in [0, 0.1) is 6.92 Å². The van der Waals surface area contributed by atoms with Crippen molar-refractivity contribution in [1.82, 2.24) is 9.88 Å². The molecule has 3 heterocycles. The molecular weight excluding hydrogens is 410 g/mol. The first-order valence-corrected chi connectivity index (χ1v) is 12.0. The topological polar surface area (TPSA) is 105 Å². The maximum atomic E-state index is 12.3. The van der Waals surface area contributed by atoms with E-state index >= 15 is 0 Å². The van der Waals surface area contributed by atoms with E-state index in [1.165, 1.54) is 6.26 Å². The molecule has 0 aliphatic carbocycles. The molecule has 0 atom stereocenters. The molecule has 3 aromatic rings. The summed E-state index contributed by atoms with van der Waals surface area (Å²) < 4.78 is 31.0. The molecule has 4 rings (SSSR count). The first-order valence-electron chi connectivity index (χ1n) is 9.30. The number of rotatable bonds is 5. The minimum Gasteiger partial charge on any atom is -0.379 e. The minimum atomic E-state index is -3.41. The molecule has 29 heavy (non-hydrogen) atoms. The Morgan fingerprint density at radius 1 is 1.28 bits per heavy atom. The summed E-state index contributed by atoms with van der Waals surface area (Å²) in [6.45, 7) is 5.47. The van der Waals surface area contributed by atoms with Crippen LogP contribution in [0.5, 0.6) is 0 Å². The highest BCUT2D eigenvalue weighted by atomic mass is 32.2. The van der Waals surface area contributed by atoms with E-state index in [0.29, 0.717) is 31.0 Å². The Balaban J connectivity index is 1.91. The van der Waals surface area contributed by atoms with E-state index in [-0.39, 0.29) is 4.90 Å². The number of hydrogen-bond donors (Lipinski definition) is 2. The summed E-state index contributed by atoms with van der Waals surface area (Å²) in [6, 6.07) is 6.95. The van der Waals surface area contributed by atoms with Gasteiger partial charge in [-0.25, -0.2) is 8.42 Å². The fraction of sp³-hybridized carbons (Fsp3) is 0.350. The van der Waals surface area contributed by atoms with Crippen molar-refractivity contribution in [2.75, 3.05) is 32.6 Å². The van der Waals surface area contributed by atoms with Crippen molar-refractivity contribution in [2.45, 2.75) is 18.4 Å². The van der Waals surface area contributed by atoms with Crippen LogP contribution < -0.4 is 5.73 Å². The number of aromatic nitrogens is 1. The number of carbonyl (C=O) groups excluding carboxylic acids is 1. The number of thiophene rings is 1. The van der Waals surface area contributed by atoms with Gasteiger partial charge < -0.3 is 15.5 Å². The monoisotopic (exact) mass is 433 g/mol. The van der Waals surface area contributed by atoms with Crippen molar-refractivity contribution in [1.29, 1.82) is 0 Å². The van der Waals surface area contributed by atoms with Crippen LogP contribution in [0.25, 0.3) is 21.3 Å². The van der Waals surface area contributed by atoms with Crippen LogP contribution in [0.1, 0.15) is 20.9 Å². The molecule has 1 fully saturated rings. The lowest BCUT2D eigenvalue weighted by atomic mass is 10.1. The summed E-state index contributed by atoms with van der Waals surface area (Å²) in [5, 5.41) is 0. The minimum absolute atomic E-state index is 0.271. The highest BCUT2D eigenvalue weighted by Gasteiger charge is 2.26. The van der Waals surface area contributed by atoms with Gasteiger partial charge in [0.2, 0.25) is 0 Å². The van der Waals surface area contributed by atoms with Gasteiger partial charge in [-0.05, 0) is 13.0 Å². The van der Waals surface area contributed by atoms with E-state index < -0.39 is 15.7 Å². The summed E-state index contributed by atoms with van der Waals surface area (Å²) in [4.78, 5) is 18.8. The maximum absolute atomic E-state index is 12.3. The van der Waals surface area contributed by atoms with Crippen LogP contribution in [0.3, 0.4) is 0 Å². The van der Waals surface area contributed by atoms with Gasteiger partial charge in [0.1, 0.15) is 5.69 Å². The number of primary amides is 1. The van der Waals surface area contributed by atoms with Crippen LogP contribution in [0.4, 0.5) is 0 Å². The zero-order chi connectivity index (χ0) is 20.8. The number of H-pyrrole nitrogens is 1. The summed E-state index contributed by atoms with van der Waals surface area (Å²) in [5.41, 5.74) is 9.12. The molecule has 1 aliphatic heterocycles. The predicted molar refractivity (Wildman–Crippen MR) is 114 cm³/mol. The lowest BCUT2D eigenvalue weighted by molar-refractivity contribution is 0.0343. The summed E-state index contributed by atoms with van der Waals surface area (Å²) in [5.74, 6) is -0.517. The second-order valence-electron chi connectivity index (χ2n) is 7.24. The van der Waals surface area contributed by atoms with E-state index in [0.717, 1.165) is 39.3 Å². The quantitative estimate of drug-likeness (QED) is 0.643. The number of nitrogens with zero attached hydrogens (tertiary/aromatic N) is 1. The number of aryl methyl sites for hydroxylation is 1. The van der Waals surface area contributed by atoms with E-state index in [1.807, 2.05) is 13.0 Å². The normalized spacial score (nSPS) is 15.8. The molecule has 0 radical (unpaired) electrons. The van der Waals surface area contributed by atoms with Gasteiger partial charge in [-0.3, -0.25) is 9.69 Å². The third-order valence-corrected chi connectivity index (χ3v) is 7.52. The summed E-state index contributed by atoms with van der Waals surface area (Å²) in [6.07, 6.45) is 1.21. The van der Waals surface area contributed by atoms with Crippen molar-refractivity contribution in [2.24, 2.45) is 5.73 Å². The number of ether oxygens (including phenoxy) is 1. The highest BCUT2D eigenvalue weighted by molar-refractivity contribution is 7.90. The molecule has 1 amide bonds. The van der Waals surface area contributed by atoms with Crippen LogP contribution in [0.15, 0.2) is 29.2 Å². The lowest BCUT2D eigenvalue weighted by Gasteiger charge is -2.26. The zero-order valence-electron chi connectivity index (χ0n) is 16.3. The van der Waals surface area contributed by atoms with E-state index in [2.05, 4.69) is 9.88 Å². The van der Waals surface area contributed by atoms with Gasteiger partial charge in [-0.2, -0.15) is 0 Å². The Hall–Kier alpha value is -2.20. The zero-order valence-corrected chi connectivity index (χ0v) is 18.0. The second kappa shape index (κ2) is 7.56. The number of hydrogen-bond acceptors (Lipinski definition) is 6. The van der Waals surface area contributed by atoms with E-state index in [1.54, 1.807) is 29.5 Å². The number of fused-ring (bicyclic) bond motifs is 1. The van der Waals surface area contributed by atoms with Gasteiger partial charge in [-0.1, -0.05) is 18.2 Å². The molecule has 2 aromatic heterocycles. The molecule has 0 saturated carbocycles. The second-order valence-corrected chi connectivity index (χ2v) is 10.4. The van der Waals surface area contributed by atoms with Crippen molar-refractivity contribution in [3.63, 3.8) is 0 Å². The average Bonchev–Trinajstić information content (AvgIpc) is 3.17. The molecule has 1 saturated heterocycles. The van der Waals surface area contributed by atoms with Crippen LogP contribution in [-0.4, -0.2) is 56.8 Å². The SMILES string of the molecule is Cc1sc2c(CN3CCOCC3)c(C(N)=O)[nH]c2c1-c1ccccc1S(C)(=O)=O. The standard InChI is InChI=1S/C20H23N3O4S2/c1-12-16(13-5-3-4-6-15(13)29(2,25)26)18-19(28-12)14(17(22-18)20(21)24)11-23-7-9-27-10-8-23/h3-6,22H,7-11H2,1-2H3,(H2,21,24). The maximum Gasteiger partial charge on any atom is 0.265 e. The fourth-order valence-electron chi connectivity index (χ4n) is 3.86. The van der Waals surface area contributed by atoms with Gasteiger partial charge >= 0.3 is 0 Å². The predicted octanol–water partition coefficient (Wildman–Crippen LogP) is 2.54. The van der Waals surface area contributed by atoms with Crippen LogP contribution in [0.2, 0.25) is 0 Å². The Bertz CT molecular complexity index is 1190. The Morgan fingerprint density at radius 3 is 2.62 bits per heavy atom. The molecule has 0 spiro atoms. The number of sulfone groups is 1. The molecule has 0 unspecified atom stereocenters. The fourth-order valence-corrected chi connectivity index (χ4v) is 5.92. The van der Waals surface area contributed by atoms with Crippen molar-refractivity contribution in [3.8, 4) is 11.1 Å². The summed E-state index contributed by atoms with van der Waals surface area (Å²) in [7, 11) is -3.41. The third kappa shape index (κ3) is 3.71. The van der Waals surface area contributed by atoms with Crippen molar-refractivity contribution >= 4 is 37.3 Å². The third-order valence-electron chi connectivity index (χ3n) is 5.20. The Labute approximate surface area is 173 Å². The van der Waals surface area contributed by atoms with E-state index in [9.17, 15) is 13.2 Å². The Morgan fingerprint density at radius 2 is 1.97 bits per heavy atom. The highest BCUT2D eigenvalue weighted by Crippen LogP contribution is 2.43. The molecule has 7 nitrogen and oxygen atoms in total. The summed E-state index contributed by atoms with van der Waals surface area (Å²) >= 11 is 1.55. The number of amides is 1. The molecule has 154 valence electrons. The average molecular weight is 434 g/mol. The molecule has 9 heteroatoms. The molecular formula is C20H23N3O4S2. The largest absolute Gasteiger partial charge is 0.379 e. The van der Waals surface area contributed by atoms with Crippen molar-refractivity contribution in [3.05, 3.63) is 40.4 Å². The Kier molecular flexibility index (Phi) is 5.24. The molecule has 0 bridgehead atoms. The van der Waals surface area contributed by atoms with Gasteiger partial charge in [0.05, 0.1) is 28.3 Å². The van der Waals surface area contributed by atoms with E-state index in [4.69, 9.17) is 10.5 Å². The number of benzene rings is 1. The van der Waals surface area contributed by atoms with Crippen molar-refractivity contribution < 1.29 is 17.9 Å². The number of carbonyl (C=O) groups is 1. The number of morpholine rings is 1. The van der Waals surface area contributed by atoms with Crippen LogP contribution in [-0.2, 0) is 21.1 Å². The first-order chi connectivity index (χ1) is 13.8. The van der Waals surface area contributed by atoms with Gasteiger partial charge in [-0.15, -0.1) is 11.3 Å². The van der Waals surface area contributed by atoms with Gasteiger partial charge in [0.25, 0.3) is 5.91 Å². The smallest absolute Gasteiger partial charge is 0.265 e. The number of nitrogens with two attached hydrogens (primary N) is 1. The molecule has 1 aromatic carbocycles. The molecule has 1 aliphatic rings. The van der Waals surface area contributed by atoms with Gasteiger partial charge in [0.15, 0.2) is 9.84 Å². The number of nitrogens with one attached hydrogen (secondary N) is 1. The van der Waals surface area contributed by atoms with Crippen LogP contribution >= 0.6 is 11.3 Å². The number of aromatic amines is 1. The lowest BCUT2D eigenvalue weighted by Crippen LogP contribution is -2.36.